The zero-order chi connectivity index (χ0) is 37.0. The number of nitrogens with one attached hydrogen (secondary N) is 2. The fourth-order valence-corrected chi connectivity index (χ4v) is 7.15. The SMILES string of the molecule is CCCCCCCCCCCCCCCCC[C@H](NC(=O)CCCCCCCCCCC)[C@@H]1O[C@H](CO)[C@@H](O)[C@H](O)[C@H]1NC(=O)C(N)C(C)C. The summed E-state index contributed by atoms with van der Waals surface area (Å²) < 4.78 is 6.18. The van der Waals surface area contributed by atoms with E-state index in [1.165, 1.54) is 116 Å². The van der Waals surface area contributed by atoms with Crippen molar-refractivity contribution in [2.24, 2.45) is 11.7 Å². The molecule has 1 saturated heterocycles. The molecular formula is C41H81N3O6. The lowest BCUT2D eigenvalue weighted by Gasteiger charge is -2.46. The van der Waals surface area contributed by atoms with Gasteiger partial charge in [0.1, 0.15) is 24.4 Å². The van der Waals surface area contributed by atoms with Gasteiger partial charge in [0, 0.05) is 6.42 Å². The van der Waals surface area contributed by atoms with Gasteiger partial charge in [-0.05, 0) is 18.8 Å². The molecule has 1 rings (SSSR count). The standard InChI is InChI=1S/C41H81N3O6/c1-5-7-9-11-13-15-16-17-18-19-20-22-23-25-27-29-33(43-35(46)30-28-26-24-21-14-12-10-8-6-2)40-37(44-41(49)36(42)32(3)4)39(48)38(47)34(31-45)50-40/h32-34,36-40,45,47-48H,5-31,42H2,1-4H3,(H,43,46)(H,44,49)/t33-,34+,36?,37+,38+,39+,40-/m0/s1. The molecule has 50 heavy (non-hydrogen) atoms. The summed E-state index contributed by atoms with van der Waals surface area (Å²) in [6.07, 6.45) is 25.8. The number of carbonyl (C=O) groups is 2. The van der Waals surface area contributed by atoms with Crippen molar-refractivity contribution < 1.29 is 29.6 Å². The van der Waals surface area contributed by atoms with Gasteiger partial charge in [-0.1, -0.05) is 175 Å². The Hall–Kier alpha value is -1.26. The van der Waals surface area contributed by atoms with E-state index < -0.39 is 55.1 Å². The molecule has 0 aromatic carbocycles. The maximum absolute atomic E-state index is 13.3. The van der Waals surface area contributed by atoms with E-state index in [2.05, 4.69) is 24.5 Å². The van der Waals surface area contributed by atoms with Crippen LogP contribution in [0.3, 0.4) is 0 Å². The average molecular weight is 712 g/mol. The molecular weight excluding hydrogens is 630 g/mol. The van der Waals surface area contributed by atoms with Crippen LogP contribution in [0.2, 0.25) is 0 Å². The zero-order valence-electron chi connectivity index (χ0n) is 32.9. The van der Waals surface area contributed by atoms with Gasteiger partial charge in [0.25, 0.3) is 0 Å². The van der Waals surface area contributed by atoms with E-state index in [9.17, 15) is 24.9 Å². The van der Waals surface area contributed by atoms with Gasteiger partial charge in [0.15, 0.2) is 0 Å². The maximum atomic E-state index is 13.3. The number of hydrogen-bond acceptors (Lipinski definition) is 7. The van der Waals surface area contributed by atoms with Gasteiger partial charge >= 0.3 is 0 Å². The highest BCUT2D eigenvalue weighted by Crippen LogP contribution is 2.27. The summed E-state index contributed by atoms with van der Waals surface area (Å²) in [7, 11) is 0. The molecule has 9 nitrogen and oxygen atoms in total. The number of rotatable bonds is 32. The summed E-state index contributed by atoms with van der Waals surface area (Å²) in [6.45, 7) is 7.69. The number of carbonyl (C=O) groups excluding carboxylic acids is 2. The van der Waals surface area contributed by atoms with Crippen molar-refractivity contribution in [2.75, 3.05) is 6.61 Å². The largest absolute Gasteiger partial charge is 0.394 e. The first kappa shape index (κ1) is 46.8. The third-order valence-corrected chi connectivity index (χ3v) is 10.7. The number of aliphatic hydroxyl groups excluding tert-OH is 3. The molecule has 1 aliphatic heterocycles. The zero-order valence-corrected chi connectivity index (χ0v) is 32.9. The molecule has 2 amide bonds. The Kier molecular flexibility index (Phi) is 28.3. The Morgan fingerprint density at radius 1 is 0.660 bits per heavy atom. The lowest BCUT2D eigenvalue weighted by Crippen LogP contribution is -2.69. The van der Waals surface area contributed by atoms with Crippen molar-refractivity contribution >= 4 is 11.8 Å². The summed E-state index contributed by atoms with van der Waals surface area (Å²) in [5, 5.41) is 37.8. The smallest absolute Gasteiger partial charge is 0.237 e. The Bertz CT molecular complexity index is 830. The molecule has 0 spiro atoms. The van der Waals surface area contributed by atoms with Crippen LogP contribution < -0.4 is 16.4 Å². The predicted molar refractivity (Wildman–Crippen MR) is 206 cm³/mol. The normalized spacial score (nSPS) is 22.1. The van der Waals surface area contributed by atoms with Crippen molar-refractivity contribution in [3.8, 4) is 0 Å². The molecule has 0 radical (unpaired) electrons. The van der Waals surface area contributed by atoms with Crippen LogP contribution in [-0.4, -0.2) is 76.3 Å². The summed E-state index contributed by atoms with van der Waals surface area (Å²) in [5.41, 5.74) is 6.12. The number of aliphatic hydroxyl groups is 3. The fourth-order valence-electron chi connectivity index (χ4n) is 7.15. The van der Waals surface area contributed by atoms with Crippen LogP contribution in [-0.2, 0) is 14.3 Å². The minimum absolute atomic E-state index is 0.0763. The summed E-state index contributed by atoms with van der Waals surface area (Å²) in [5.74, 6) is -0.649. The number of hydrogen-bond donors (Lipinski definition) is 6. The lowest BCUT2D eigenvalue weighted by molar-refractivity contribution is -0.202. The third kappa shape index (κ3) is 20.7. The molecule has 0 aromatic heterocycles. The lowest BCUT2D eigenvalue weighted by atomic mass is 9.86. The Balaban J connectivity index is 2.70. The molecule has 0 bridgehead atoms. The average Bonchev–Trinajstić information content (AvgIpc) is 3.10. The van der Waals surface area contributed by atoms with Crippen molar-refractivity contribution in [3.05, 3.63) is 0 Å². The Morgan fingerprint density at radius 2 is 1.08 bits per heavy atom. The Labute approximate surface area is 307 Å². The van der Waals surface area contributed by atoms with Gasteiger partial charge in [-0.15, -0.1) is 0 Å². The molecule has 9 heteroatoms. The molecule has 7 N–H and O–H groups in total. The van der Waals surface area contributed by atoms with E-state index in [1.807, 2.05) is 13.8 Å². The van der Waals surface area contributed by atoms with E-state index in [4.69, 9.17) is 10.5 Å². The molecule has 296 valence electrons. The van der Waals surface area contributed by atoms with Gasteiger partial charge in [-0.3, -0.25) is 9.59 Å². The van der Waals surface area contributed by atoms with Crippen LogP contribution in [0.15, 0.2) is 0 Å². The molecule has 0 aromatic rings. The second kappa shape index (κ2) is 30.2. The maximum Gasteiger partial charge on any atom is 0.237 e. The van der Waals surface area contributed by atoms with E-state index in [1.54, 1.807) is 0 Å². The quantitative estimate of drug-likeness (QED) is 0.0393. The van der Waals surface area contributed by atoms with E-state index >= 15 is 0 Å². The Morgan fingerprint density at radius 3 is 1.50 bits per heavy atom. The topological polar surface area (TPSA) is 154 Å². The number of amides is 2. The second-order valence-corrected chi connectivity index (χ2v) is 15.6. The molecule has 1 heterocycles. The van der Waals surface area contributed by atoms with Crippen LogP contribution >= 0.6 is 0 Å². The number of nitrogens with two attached hydrogens (primary N) is 1. The molecule has 1 fully saturated rings. The number of unbranched alkanes of at least 4 members (excludes halogenated alkanes) is 22. The number of ether oxygens (including phenoxy) is 1. The predicted octanol–water partition coefficient (Wildman–Crippen LogP) is 7.60. The molecule has 0 aliphatic carbocycles. The van der Waals surface area contributed by atoms with Crippen molar-refractivity contribution in [1.82, 2.24) is 10.6 Å². The first-order valence-corrected chi connectivity index (χ1v) is 21.2. The van der Waals surface area contributed by atoms with Gasteiger partial charge < -0.3 is 36.4 Å². The van der Waals surface area contributed by atoms with Crippen LogP contribution in [0.4, 0.5) is 0 Å². The highest BCUT2D eigenvalue weighted by atomic mass is 16.5. The van der Waals surface area contributed by atoms with Crippen LogP contribution in [0.5, 0.6) is 0 Å². The molecule has 1 unspecified atom stereocenters. The summed E-state index contributed by atoms with van der Waals surface area (Å²) in [6, 6.07) is -2.29. The molecule has 0 saturated carbocycles. The van der Waals surface area contributed by atoms with Crippen molar-refractivity contribution in [1.29, 1.82) is 0 Å². The van der Waals surface area contributed by atoms with E-state index in [0.717, 1.165) is 38.5 Å². The van der Waals surface area contributed by atoms with Gasteiger partial charge in [0.2, 0.25) is 11.8 Å². The van der Waals surface area contributed by atoms with Gasteiger partial charge in [-0.25, -0.2) is 0 Å². The third-order valence-electron chi connectivity index (χ3n) is 10.7. The first-order valence-electron chi connectivity index (χ1n) is 21.2. The van der Waals surface area contributed by atoms with Gasteiger partial charge in [0.05, 0.1) is 24.7 Å². The van der Waals surface area contributed by atoms with Crippen molar-refractivity contribution in [3.63, 3.8) is 0 Å². The van der Waals surface area contributed by atoms with Crippen molar-refractivity contribution in [2.45, 2.75) is 237 Å². The fraction of sp³-hybridized carbons (Fsp3) is 0.951. The molecule has 1 aliphatic rings. The van der Waals surface area contributed by atoms with E-state index in [0.29, 0.717) is 12.8 Å². The first-order chi connectivity index (χ1) is 24.2. The van der Waals surface area contributed by atoms with Gasteiger partial charge in [-0.2, -0.15) is 0 Å². The monoisotopic (exact) mass is 712 g/mol. The van der Waals surface area contributed by atoms with Crippen LogP contribution in [0.25, 0.3) is 0 Å². The minimum atomic E-state index is -1.39. The molecule has 7 atom stereocenters. The minimum Gasteiger partial charge on any atom is -0.394 e. The van der Waals surface area contributed by atoms with E-state index in [-0.39, 0.29) is 11.8 Å². The highest BCUT2D eigenvalue weighted by Gasteiger charge is 2.48. The van der Waals surface area contributed by atoms with Crippen LogP contribution in [0, 0.1) is 5.92 Å². The second-order valence-electron chi connectivity index (χ2n) is 15.6. The summed E-state index contributed by atoms with van der Waals surface area (Å²) in [4.78, 5) is 26.3. The highest BCUT2D eigenvalue weighted by molar-refractivity contribution is 5.82. The summed E-state index contributed by atoms with van der Waals surface area (Å²) >= 11 is 0. The van der Waals surface area contributed by atoms with Crippen LogP contribution in [0.1, 0.15) is 195 Å².